The minimum absolute atomic E-state index is 0.295. The third kappa shape index (κ3) is 4.88. The van der Waals surface area contributed by atoms with Crippen molar-refractivity contribution in [1.82, 2.24) is 0 Å². The molecule has 4 atom stereocenters. The number of carbonyl (C=O) groups excluding carboxylic acids is 3. The molecule has 35 heavy (non-hydrogen) atoms. The predicted octanol–water partition coefficient (Wildman–Crippen LogP) is 2.01. The zero-order valence-corrected chi connectivity index (χ0v) is 19.0. The van der Waals surface area contributed by atoms with E-state index in [2.05, 4.69) is 0 Å². The monoisotopic (exact) mass is 480 g/mol. The van der Waals surface area contributed by atoms with E-state index in [9.17, 15) is 24.6 Å². The van der Waals surface area contributed by atoms with Crippen LogP contribution in [0.2, 0.25) is 0 Å². The van der Waals surface area contributed by atoms with Crippen LogP contribution < -0.4 is 9.47 Å². The molecule has 0 aliphatic carbocycles. The fourth-order valence-electron chi connectivity index (χ4n) is 3.95. The molecule has 0 saturated carbocycles. The summed E-state index contributed by atoms with van der Waals surface area (Å²) in [5, 5.41) is 21.2. The third-order valence-corrected chi connectivity index (χ3v) is 5.80. The second kappa shape index (κ2) is 10.2. The summed E-state index contributed by atoms with van der Waals surface area (Å²) >= 11 is 0. The maximum atomic E-state index is 13.8. The predicted molar refractivity (Wildman–Crippen MR) is 123 cm³/mol. The van der Waals surface area contributed by atoms with E-state index in [0.29, 0.717) is 22.6 Å². The van der Waals surface area contributed by atoms with E-state index >= 15 is 0 Å². The van der Waals surface area contributed by atoms with E-state index in [4.69, 9.17) is 18.9 Å². The Bertz CT molecular complexity index is 1250. The summed E-state index contributed by atoms with van der Waals surface area (Å²) in [6.07, 6.45) is -6.06. The van der Waals surface area contributed by atoms with Crippen LogP contribution in [0, 0.1) is 0 Å². The fourth-order valence-corrected chi connectivity index (χ4v) is 3.95. The average Bonchev–Trinajstić information content (AvgIpc) is 3.18. The van der Waals surface area contributed by atoms with Gasteiger partial charge < -0.3 is 29.2 Å². The molecular formula is C26H24O9. The van der Waals surface area contributed by atoms with Crippen LogP contribution in [-0.4, -0.2) is 66.9 Å². The van der Waals surface area contributed by atoms with Crippen LogP contribution in [0.3, 0.4) is 0 Å². The van der Waals surface area contributed by atoms with Crippen LogP contribution in [0.1, 0.15) is 22.0 Å². The molecule has 4 rings (SSSR count). The van der Waals surface area contributed by atoms with Crippen LogP contribution in [0.15, 0.2) is 60.7 Å². The molecule has 3 aromatic rings. The number of hydrogen-bond acceptors (Lipinski definition) is 9. The quantitative estimate of drug-likeness (QED) is 0.268. The van der Waals surface area contributed by atoms with Crippen molar-refractivity contribution in [2.24, 2.45) is 0 Å². The highest BCUT2D eigenvalue weighted by Crippen LogP contribution is 2.34. The zero-order valence-electron chi connectivity index (χ0n) is 19.0. The highest BCUT2D eigenvalue weighted by Gasteiger charge is 2.49. The number of benzene rings is 3. The molecule has 1 saturated heterocycles. The Labute approximate surface area is 200 Å². The highest BCUT2D eigenvalue weighted by molar-refractivity contribution is 6.37. The number of ether oxygens (including phenoxy) is 4. The SMILES string of the molecule is COc1cc(OC)cc(C(OC2C(=O)C(=O)O[C@@H]2[C@@H](O)CO)C(=O)c2ccc3ccccc3c2)c1. The number of cyclic esters (lactones) is 1. The smallest absolute Gasteiger partial charge is 0.378 e. The van der Waals surface area contributed by atoms with Crippen molar-refractivity contribution in [2.45, 2.75) is 24.4 Å². The molecule has 0 bridgehead atoms. The van der Waals surface area contributed by atoms with Gasteiger partial charge in [0.15, 0.2) is 18.0 Å². The minimum atomic E-state index is -1.61. The van der Waals surface area contributed by atoms with Gasteiger partial charge in [-0.05, 0) is 34.5 Å². The zero-order chi connectivity index (χ0) is 25.1. The fraction of sp³-hybridized carbons (Fsp3) is 0.269. The largest absolute Gasteiger partial charge is 0.497 e. The van der Waals surface area contributed by atoms with E-state index in [0.717, 1.165) is 10.8 Å². The van der Waals surface area contributed by atoms with Crippen LogP contribution in [0.25, 0.3) is 10.8 Å². The Hall–Kier alpha value is -3.79. The van der Waals surface area contributed by atoms with Gasteiger partial charge in [-0.25, -0.2) is 4.79 Å². The molecule has 0 aromatic heterocycles. The Morgan fingerprint density at radius 2 is 1.63 bits per heavy atom. The maximum absolute atomic E-state index is 13.8. The summed E-state index contributed by atoms with van der Waals surface area (Å²) in [5.41, 5.74) is 0.594. The molecule has 1 heterocycles. The number of aliphatic hydroxyl groups excluding tert-OH is 2. The number of ketones is 2. The Morgan fingerprint density at radius 1 is 0.971 bits per heavy atom. The van der Waals surface area contributed by atoms with Crippen molar-refractivity contribution >= 4 is 28.3 Å². The van der Waals surface area contributed by atoms with E-state index in [1.807, 2.05) is 24.3 Å². The highest BCUT2D eigenvalue weighted by atomic mass is 16.6. The molecule has 2 unspecified atom stereocenters. The molecule has 2 N–H and O–H groups in total. The van der Waals surface area contributed by atoms with Gasteiger partial charge in [-0.3, -0.25) is 9.59 Å². The first-order valence-electron chi connectivity index (χ1n) is 10.8. The summed E-state index contributed by atoms with van der Waals surface area (Å²) < 4.78 is 21.5. The van der Waals surface area contributed by atoms with Gasteiger partial charge in [0.2, 0.25) is 0 Å². The van der Waals surface area contributed by atoms with Crippen molar-refractivity contribution in [1.29, 1.82) is 0 Å². The van der Waals surface area contributed by atoms with E-state index in [1.54, 1.807) is 36.4 Å². The molecule has 1 fully saturated rings. The first-order valence-corrected chi connectivity index (χ1v) is 10.8. The van der Waals surface area contributed by atoms with E-state index in [-0.39, 0.29) is 0 Å². The lowest BCUT2D eigenvalue weighted by molar-refractivity contribution is -0.152. The van der Waals surface area contributed by atoms with Crippen LogP contribution in [-0.2, 0) is 19.1 Å². The summed E-state index contributed by atoms with van der Waals surface area (Å²) in [7, 11) is 2.89. The van der Waals surface area contributed by atoms with Gasteiger partial charge in [0.1, 0.15) is 23.7 Å². The minimum Gasteiger partial charge on any atom is -0.497 e. The molecular weight excluding hydrogens is 456 g/mol. The number of Topliss-reactive ketones (excluding diaryl/α,β-unsaturated/α-hetero) is 2. The lowest BCUT2D eigenvalue weighted by Gasteiger charge is -2.25. The van der Waals surface area contributed by atoms with E-state index in [1.165, 1.54) is 14.2 Å². The number of rotatable bonds is 9. The van der Waals surface area contributed by atoms with Crippen molar-refractivity contribution in [2.75, 3.05) is 20.8 Å². The number of hydrogen-bond donors (Lipinski definition) is 2. The first kappa shape index (κ1) is 24.3. The lowest BCUT2D eigenvalue weighted by Crippen LogP contribution is -2.42. The normalized spacial score (nSPS) is 19.3. The van der Waals surface area contributed by atoms with Crippen molar-refractivity contribution < 1.29 is 43.5 Å². The van der Waals surface area contributed by atoms with Crippen LogP contribution in [0.5, 0.6) is 11.5 Å². The average molecular weight is 480 g/mol. The summed E-state index contributed by atoms with van der Waals surface area (Å²) in [4.78, 5) is 38.2. The third-order valence-electron chi connectivity index (χ3n) is 5.80. The summed E-state index contributed by atoms with van der Waals surface area (Å²) in [6.45, 7) is -0.776. The van der Waals surface area contributed by atoms with Crippen molar-refractivity contribution in [3.05, 3.63) is 71.8 Å². The number of esters is 1. The molecule has 0 radical (unpaired) electrons. The topological polar surface area (TPSA) is 129 Å². The molecule has 0 amide bonds. The molecule has 3 aromatic carbocycles. The molecule has 9 nitrogen and oxygen atoms in total. The van der Waals surface area contributed by atoms with Crippen molar-refractivity contribution in [3.8, 4) is 11.5 Å². The Morgan fingerprint density at radius 3 is 2.26 bits per heavy atom. The van der Waals surface area contributed by atoms with Crippen LogP contribution in [0.4, 0.5) is 0 Å². The maximum Gasteiger partial charge on any atom is 0.378 e. The number of aliphatic hydroxyl groups is 2. The molecule has 1 aliphatic rings. The second-order valence-corrected chi connectivity index (χ2v) is 7.99. The molecule has 182 valence electrons. The molecule has 9 heteroatoms. The van der Waals surface area contributed by atoms with Gasteiger partial charge in [0.05, 0.1) is 20.8 Å². The van der Waals surface area contributed by atoms with Gasteiger partial charge in [-0.2, -0.15) is 0 Å². The van der Waals surface area contributed by atoms with E-state index < -0.39 is 48.6 Å². The lowest BCUT2D eigenvalue weighted by atomic mass is 9.96. The van der Waals surface area contributed by atoms with Gasteiger partial charge >= 0.3 is 5.97 Å². The van der Waals surface area contributed by atoms with Crippen LogP contribution >= 0.6 is 0 Å². The number of methoxy groups -OCH3 is 2. The van der Waals surface area contributed by atoms with Crippen molar-refractivity contribution in [3.63, 3.8) is 0 Å². The molecule has 1 aliphatic heterocycles. The summed E-state index contributed by atoms with van der Waals surface area (Å²) in [6, 6.07) is 17.3. The van der Waals surface area contributed by atoms with Gasteiger partial charge in [-0.1, -0.05) is 36.4 Å². The number of fused-ring (bicyclic) bond motifs is 1. The summed E-state index contributed by atoms with van der Waals surface area (Å²) in [5.74, 6) is -2.04. The molecule has 0 spiro atoms. The standard InChI is InChI=1S/C26H24O9/c1-32-18-10-17(11-19(12-18)33-2)23(34-25-22(30)26(31)35-24(25)20(28)13-27)21(29)16-8-7-14-5-3-4-6-15(14)9-16/h3-12,20,23-25,27-28H,13H2,1-2H3/t20-,23?,24+,25?/m0/s1. The van der Waals surface area contributed by atoms with Gasteiger partial charge in [-0.15, -0.1) is 0 Å². The second-order valence-electron chi connectivity index (χ2n) is 7.99. The van der Waals surface area contributed by atoms with Gasteiger partial charge in [0.25, 0.3) is 5.78 Å². The number of carbonyl (C=O) groups is 3. The first-order chi connectivity index (χ1) is 16.9. The Kier molecular flexibility index (Phi) is 7.11. The van der Waals surface area contributed by atoms with Gasteiger partial charge in [0, 0.05) is 11.6 Å². The Balaban J connectivity index is 1.79.